The van der Waals surface area contributed by atoms with Crippen LogP contribution in [0.1, 0.15) is 19.3 Å². The van der Waals surface area contributed by atoms with Crippen molar-refractivity contribution in [1.29, 1.82) is 0 Å². The van der Waals surface area contributed by atoms with Crippen LogP contribution in [0.3, 0.4) is 0 Å². The van der Waals surface area contributed by atoms with Crippen LogP contribution in [0.25, 0.3) is 0 Å². The van der Waals surface area contributed by atoms with Gasteiger partial charge in [0.05, 0.1) is 12.3 Å². The standard InChI is InChI=1S/C9H17NO3S/c1-14(12,13)5-4-9(11)7-10-6-8-2-3-8/h8,10H,2-7H2,1H3. The molecule has 0 aromatic heterocycles. The van der Waals surface area contributed by atoms with E-state index in [1.807, 2.05) is 0 Å². The lowest BCUT2D eigenvalue weighted by atomic mass is 10.3. The third kappa shape index (κ3) is 6.10. The second-order valence-corrected chi connectivity index (χ2v) is 6.25. The van der Waals surface area contributed by atoms with Crippen LogP contribution in [0.2, 0.25) is 0 Å². The van der Waals surface area contributed by atoms with Crippen LogP contribution in [0.15, 0.2) is 0 Å². The first kappa shape index (κ1) is 11.7. The fraction of sp³-hybridized carbons (Fsp3) is 0.889. The molecular weight excluding hydrogens is 202 g/mol. The first-order valence-electron chi connectivity index (χ1n) is 4.87. The molecule has 0 amide bonds. The van der Waals surface area contributed by atoms with Gasteiger partial charge in [-0.25, -0.2) is 8.42 Å². The first-order valence-corrected chi connectivity index (χ1v) is 6.93. The van der Waals surface area contributed by atoms with Crippen LogP contribution in [-0.4, -0.2) is 39.3 Å². The summed E-state index contributed by atoms with van der Waals surface area (Å²) in [6.07, 6.45) is 3.80. The van der Waals surface area contributed by atoms with E-state index in [9.17, 15) is 13.2 Å². The number of sulfone groups is 1. The van der Waals surface area contributed by atoms with E-state index < -0.39 is 9.84 Å². The second-order valence-electron chi connectivity index (χ2n) is 3.99. The Balaban J connectivity index is 2.03. The topological polar surface area (TPSA) is 63.2 Å². The maximum Gasteiger partial charge on any atom is 0.147 e. The molecule has 4 nitrogen and oxygen atoms in total. The molecular formula is C9H17NO3S. The molecule has 0 bridgehead atoms. The summed E-state index contributed by atoms with van der Waals surface area (Å²) < 4.78 is 21.5. The summed E-state index contributed by atoms with van der Waals surface area (Å²) >= 11 is 0. The Kier molecular flexibility index (Phi) is 4.07. The molecule has 0 atom stereocenters. The first-order chi connectivity index (χ1) is 6.47. The monoisotopic (exact) mass is 219 g/mol. The van der Waals surface area contributed by atoms with E-state index in [1.54, 1.807) is 0 Å². The van der Waals surface area contributed by atoms with Gasteiger partial charge in [-0.2, -0.15) is 0 Å². The van der Waals surface area contributed by atoms with Crippen molar-refractivity contribution < 1.29 is 13.2 Å². The highest BCUT2D eigenvalue weighted by atomic mass is 32.2. The van der Waals surface area contributed by atoms with Crippen molar-refractivity contribution in [3.63, 3.8) is 0 Å². The zero-order chi connectivity index (χ0) is 10.6. The minimum atomic E-state index is -3.00. The van der Waals surface area contributed by atoms with E-state index in [-0.39, 0.29) is 18.0 Å². The number of carbonyl (C=O) groups excluding carboxylic acids is 1. The van der Waals surface area contributed by atoms with Crippen molar-refractivity contribution in [3.8, 4) is 0 Å². The van der Waals surface area contributed by atoms with Crippen molar-refractivity contribution >= 4 is 15.6 Å². The number of ketones is 1. The molecule has 5 heteroatoms. The Morgan fingerprint density at radius 1 is 1.43 bits per heavy atom. The molecule has 1 fully saturated rings. The number of hydrogen-bond acceptors (Lipinski definition) is 4. The normalized spacial score (nSPS) is 16.9. The maximum atomic E-state index is 11.2. The van der Waals surface area contributed by atoms with Gasteiger partial charge in [-0.05, 0) is 25.3 Å². The van der Waals surface area contributed by atoms with Gasteiger partial charge in [0.15, 0.2) is 0 Å². The minimum Gasteiger partial charge on any atom is -0.310 e. The van der Waals surface area contributed by atoms with Gasteiger partial charge in [-0.1, -0.05) is 0 Å². The molecule has 0 aromatic carbocycles. The Labute approximate surface area is 85.0 Å². The molecule has 0 aromatic rings. The molecule has 0 heterocycles. The smallest absolute Gasteiger partial charge is 0.147 e. The highest BCUT2D eigenvalue weighted by Gasteiger charge is 2.20. The zero-order valence-electron chi connectivity index (χ0n) is 8.45. The molecule has 0 radical (unpaired) electrons. The largest absolute Gasteiger partial charge is 0.310 e. The number of carbonyl (C=O) groups is 1. The van der Waals surface area contributed by atoms with Crippen molar-refractivity contribution in [2.45, 2.75) is 19.3 Å². The SMILES string of the molecule is CS(=O)(=O)CCC(=O)CNCC1CC1. The van der Waals surface area contributed by atoms with Gasteiger partial charge >= 0.3 is 0 Å². The summed E-state index contributed by atoms with van der Waals surface area (Å²) in [6.45, 7) is 1.20. The van der Waals surface area contributed by atoms with Gasteiger partial charge in [0, 0.05) is 12.7 Å². The average molecular weight is 219 g/mol. The molecule has 1 N–H and O–H groups in total. The lowest BCUT2D eigenvalue weighted by Crippen LogP contribution is -2.26. The number of rotatable bonds is 7. The van der Waals surface area contributed by atoms with Gasteiger partial charge in [0.1, 0.15) is 15.6 Å². The highest BCUT2D eigenvalue weighted by molar-refractivity contribution is 7.90. The Morgan fingerprint density at radius 3 is 2.57 bits per heavy atom. The highest BCUT2D eigenvalue weighted by Crippen LogP contribution is 2.27. The molecule has 0 aliphatic heterocycles. The van der Waals surface area contributed by atoms with Crippen molar-refractivity contribution in [2.75, 3.05) is 25.1 Å². The summed E-state index contributed by atoms with van der Waals surface area (Å²) in [5.41, 5.74) is 0. The van der Waals surface area contributed by atoms with Crippen molar-refractivity contribution in [1.82, 2.24) is 5.32 Å². The van der Waals surface area contributed by atoms with Crippen LogP contribution in [0.4, 0.5) is 0 Å². The summed E-state index contributed by atoms with van der Waals surface area (Å²) in [4.78, 5) is 11.2. The lowest BCUT2D eigenvalue weighted by Gasteiger charge is -2.02. The average Bonchev–Trinajstić information content (AvgIpc) is 2.83. The van der Waals surface area contributed by atoms with Gasteiger partial charge in [0.2, 0.25) is 0 Å². The van der Waals surface area contributed by atoms with Crippen molar-refractivity contribution in [2.24, 2.45) is 5.92 Å². The predicted molar refractivity (Wildman–Crippen MR) is 54.9 cm³/mol. The van der Waals surface area contributed by atoms with Gasteiger partial charge in [-0.3, -0.25) is 4.79 Å². The third-order valence-electron chi connectivity index (χ3n) is 2.20. The van der Waals surface area contributed by atoms with Crippen LogP contribution in [0, 0.1) is 5.92 Å². The van der Waals surface area contributed by atoms with Crippen LogP contribution < -0.4 is 5.32 Å². The third-order valence-corrected chi connectivity index (χ3v) is 3.15. The van der Waals surface area contributed by atoms with E-state index in [0.29, 0.717) is 6.54 Å². The molecule has 0 unspecified atom stereocenters. The summed E-state index contributed by atoms with van der Waals surface area (Å²) in [5, 5.41) is 3.04. The second kappa shape index (κ2) is 4.89. The van der Waals surface area contributed by atoms with Crippen molar-refractivity contribution in [3.05, 3.63) is 0 Å². The summed E-state index contributed by atoms with van der Waals surface area (Å²) in [6, 6.07) is 0. The molecule has 82 valence electrons. The molecule has 1 saturated carbocycles. The number of Topliss-reactive ketones (excluding diaryl/α,β-unsaturated/α-hetero) is 1. The quantitative estimate of drug-likeness (QED) is 0.654. The van der Waals surface area contributed by atoms with Gasteiger partial charge < -0.3 is 5.32 Å². The van der Waals surface area contributed by atoms with E-state index in [2.05, 4.69) is 5.32 Å². The molecule has 1 aliphatic rings. The number of nitrogens with one attached hydrogen (secondary N) is 1. The van der Waals surface area contributed by atoms with Crippen LogP contribution in [-0.2, 0) is 14.6 Å². The fourth-order valence-corrected chi connectivity index (χ4v) is 1.72. The van der Waals surface area contributed by atoms with E-state index in [1.165, 1.54) is 12.8 Å². The lowest BCUT2D eigenvalue weighted by molar-refractivity contribution is -0.117. The van der Waals surface area contributed by atoms with E-state index in [0.717, 1.165) is 18.7 Å². The Bertz CT molecular complexity index is 293. The van der Waals surface area contributed by atoms with E-state index in [4.69, 9.17) is 0 Å². The minimum absolute atomic E-state index is 0.0175. The summed E-state index contributed by atoms with van der Waals surface area (Å²) in [5.74, 6) is 0.700. The van der Waals surface area contributed by atoms with Gasteiger partial charge in [-0.15, -0.1) is 0 Å². The molecule has 0 spiro atoms. The van der Waals surface area contributed by atoms with Crippen LogP contribution in [0.5, 0.6) is 0 Å². The molecule has 0 saturated heterocycles. The molecule has 1 rings (SSSR count). The maximum absolute atomic E-state index is 11.2. The van der Waals surface area contributed by atoms with Gasteiger partial charge in [0.25, 0.3) is 0 Å². The molecule has 1 aliphatic carbocycles. The summed E-state index contributed by atoms with van der Waals surface area (Å²) in [7, 11) is -3.00. The van der Waals surface area contributed by atoms with Crippen LogP contribution >= 0.6 is 0 Å². The predicted octanol–water partition coefficient (Wildman–Crippen LogP) is -0.0102. The Morgan fingerprint density at radius 2 is 2.07 bits per heavy atom. The zero-order valence-corrected chi connectivity index (χ0v) is 9.27. The fourth-order valence-electron chi connectivity index (χ4n) is 1.13. The Hall–Kier alpha value is -0.420. The van der Waals surface area contributed by atoms with E-state index >= 15 is 0 Å². The number of hydrogen-bond donors (Lipinski definition) is 1. The molecule has 14 heavy (non-hydrogen) atoms.